The molecule has 0 bridgehead atoms. The molecule has 1 saturated carbocycles. The van der Waals surface area contributed by atoms with Crippen LogP contribution in [0, 0.1) is 13.8 Å². The number of nitrogens with one attached hydrogen (secondary N) is 1. The fraction of sp³-hybridized carbons (Fsp3) is 0.455. The van der Waals surface area contributed by atoms with Crippen molar-refractivity contribution in [2.45, 2.75) is 32.6 Å². The van der Waals surface area contributed by atoms with Gasteiger partial charge in [-0.2, -0.15) is 0 Å². The summed E-state index contributed by atoms with van der Waals surface area (Å²) in [6, 6.07) is 2.08. The molecule has 4 nitrogen and oxygen atoms in total. The van der Waals surface area contributed by atoms with Gasteiger partial charge in [0.2, 0.25) is 5.89 Å². The molecule has 3 rings (SSSR count). The molecule has 0 aliphatic heterocycles. The summed E-state index contributed by atoms with van der Waals surface area (Å²) in [5, 5.41) is 8.14. The van der Waals surface area contributed by atoms with Gasteiger partial charge in [0.1, 0.15) is 5.69 Å². The second-order valence-electron chi connectivity index (χ2n) is 4.23. The van der Waals surface area contributed by atoms with Crippen LogP contribution in [0.1, 0.15) is 35.9 Å². The van der Waals surface area contributed by atoms with Crippen LogP contribution in [-0.2, 0) is 0 Å². The van der Waals surface area contributed by atoms with Gasteiger partial charge in [-0.25, -0.2) is 0 Å². The number of aromatic nitrogens is 3. The summed E-state index contributed by atoms with van der Waals surface area (Å²) < 4.78 is 5.63. The molecule has 0 unspecified atom stereocenters. The van der Waals surface area contributed by atoms with E-state index in [-0.39, 0.29) is 0 Å². The van der Waals surface area contributed by atoms with Gasteiger partial charge in [-0.15, -0.1) is 10.2 Å². The van der Waals surface area contributed by atoms with Gasteiger partial charge in [0.15, 0.2) is 0 Å². The lowest BCUT2D eigenvalue weighted by molar-refractivity contribution is 0.507. The lowest BCUT2D eigenvalue weighted by atomic mass is 10.2. The molecule has 2 aromatic rings. The first kappa shape index (κ1) is 8.71. The number of hydrogen-bond acceptors (Lipinski definition) is 3. The number of aromatic amines is 1. The number of hydrogen-bond donors (Lipinski definition) is 1. The third kappa shape index (κ3) is 1.46. The topological polar surface area (TPSA) is 54.7 Å². The number of nitrogens with zero attached hydrogens (tertiary/aromatic N) is 2. The van der Waals surface area contributed by atoms with Gasteiger partial charge < -0.3 is 9.40 Å². The van der Waals surface area contributed by atoms with E-state index in [0.29, 0.717) is 11.8 Å². The highest BCUT2D eigenvalue weighted by atomic mass is 16.4. The van der Waals surface area contributed by atoms with Crippen LogP contribution in [0.3, 0.4) is 0 Å². The molecule has 0 aromatic carbocycles. The van der Waals surface area contributed by atoms with E-state index in [1.165, 1.54) is 12.8 Å². The molecule has 0 radical (unpaired) electrons. The molecule has 4 heteroatoms. The summed E-state index contributed by atoms with van der Waals surface area (Å²) in [5.41, 5.74) is 3.22. The third-order valence-electron chi connectivity index (χ3n) is 2.73. The SMILES string of the molecule is Cc1cc(C)c(-c2nnc(C3CC3)o2)[nH]1. The molecule has 1 fully saturated rings. The largest absolute Gasteiger partial charge is 0.419 e. The molecule has 1 aliphatic carbocycles. The Morgan fingerprint density at radius 2 is 2.13 bits per heavy atom. The van der Waals surface area contributed by atoms with Crippen molar-refractivity contribution in [2.75, 3.05) is 0 Å². The lowest BCUT2D eigenvalue weighted by Gasteiger charge is -1.91. The van der Waals surface area contributed by atoms with E-state index in [4.69, 9.17) is 4.42 Å². The van der Waals surface area contributed by atoms with Gasteiger partial charge in [0.05, 0.1) is 0 Å². The zero-order chi connectivity index (χ0) is 10.4. The minimum absolute atomic E-state index is 0.516. The summed E-state index contributed by atoms with van der Waals surface area (Å²) in [4.78, 5) is 3.24. The first-order valence-corrected chi connectivity index (χ1v) is 5.24. The molecule has 0 saturated heterocycles. The number of H-pyrrole nitrogens is 1. The minimum atomic E-state index is 0.516. The van der Waals surface area contributed by atoms with E-state index in [2.05, 4.69) is 21.2 Å². The van der Waals surface area contributed by atoms with Crippen LogP contribution >= 0.6 is 0 Å². The van der Waals surface area contributed by atoms with Crippen LogP contribution in [0.15, 0.2) is 10.5 Å². The first-order valence-electron chi connectivity index (χ1n) is 5.24. The molecule has 0 amide bonds. The Balaban J connectivity index is 2.00. The molecule has 15 heavy (non-hydrogen) atoms. The van der Waals surface area contributed by atoms with Crippen LogP contribution in [0.4, 0.5) is 0 Å². The highest BCUT2D eigenvalue weighted by Gasteiger charge is 2.29. The maximum absolute atomic E-state index is 5.63. The summed E-state index contributed by atoms with van der Waals surface area (Å²) in [7, 11) is 0. The molecule has 0 spiro atoms. The van der Waals surface area contributed by atoms with Crippen LogP contribution in [-0.4, -0.2) is 15.2 Å². The smallest absolute Gasteiger partial charge is 0.264 e. The van der Waals surface area contributed by atoms with Crippen molar-refractivity contribution in [3.63, 3.8) is 0 Å². The molecule has 0 atom stereocenters. The van der Waals surface area contributed by atoms with Gasteiger partial charge in [0.25, 0.3) is 5.89 Å². The predicted molar refractivity (Wildman–Crippen MR) is 55.5 cm³/mol. The molecule has 2 heterocycles. The van der Waals surface area contributed by atoms with Crippen molar-refractivity contribution < 1.29 is 4.42 Å². The van der Waals surface area contributed by atoms with Crippen molar-refractivity contribution in [1.82, 2.24) is 15.2 Å². The predicted octanol–water partition coefficient (Wildman–Crippen LogP) is 2.56. The average molecular weight is 203 g/mol. The van der Waals surface area contributed by atoms with Gasteiger partial charge in [-0.3, -0.25) is 0 Å². The van der Waals surface area contributed by atoms with Gasteiger partial charge >= 0.3 is 0 Å². The van der Waals surface area contributed by atoms with Crippen LogP contribution in [0.5, 0.6) is 0 Å². The number of aryl methyl sites for hydroxylation is 2. The third-order valence-corrected chi connectivity index (χ3v) is 2.73. The highest BCUT2D eigenvalue weighted by molar-refractivity contribution is 5.53. The summed E-state index contributed by atoms with van der Waals surface area (Å²) in [6.07, 6.45) is 2.37. The first-order chi connectivity index (χ1) is 7.24. The minimum Gasteiger partial charge on any atom is -0.419 e. The maximum Gasteiger partial charge on any atom is 0.264 e. The Bertz CT molecular complexity index is 494. The Morgan fingerprint density at radius 3 is 2.73 bits per heavy atom. The molecular weight excluding hydrogens is 190 g/mol. The van der Waals surface area contributed by atoms with Crippen molar-refractivity contribution >= 4 is 0 Å². The zero-order valence-electron chi connectivity index (χ0n) is 8.87. The van der Waals surface area contributed by atoms with Gasteiger partial charge in [-0.1, -0.05) is 0 Å². The molecule has 1 aliphatic rings. The maximum atomic E-state index is 5.63. The Hall–Kier alpha value is -1.58. The highest BCUT2D eigenvalue weighted by Crippen LogP contribution is 2.40. The standard InChI is InChI=1S/C11H13N3O/c1-6-5-7(2)12-9(6)11-14-13-10(15-11)8-3-4-8/h5,8,12H,3-4H2,1-2H3. The second kappa shape index (κ2) is 2.95. The van der Waals surface area contributed by atoms with Gasteiger partial charge in [-0.05, 0) is 38.3 Å². The van der Waals surface area contributed by atoms with Crippen LogP contribution < -0.4 is 0 Å². The quantitative estimate of drug-likeness (QED) is 0.816. The Morgan fingerprint density at radius 1 is 1.33 bits per heavy atom. The zero-order valence-corrected chi connectivity index (χ0v) is 8.87. The van der Waals surface area contributed by atoms with E-state index in [1.807, 2.05) is 13.8 Å². The van der Waals surface area contributed by atoms with Crippen molar-refractivity contribution in [2.24, 2.45) is 0 Å². The van der Waals surface area contributed by atoms with Crippen molar-refractivity contribution in [1.29, 1.82) is 0 Å². The van der Waals surface area contributed by atoms with E-state index < -0.39 is 0 Å². The van der Waals surface area contributed by atoms with E-state index in [1.54, 1.807) is 0 Å². The fourth-order valence-corrected chi connectivity index (χ4v) is 1.78. The van der Waals surface area contributed by atoms with E-state index in [9.17, 15) is 0 Å². The average Bonchev–Trinajstić information content (AvgIpc) is 2.83. The second-order valence-corrected chi connectivity index (χ2v) is 4.23. The Kier molecular flexibility index (Phi) is 1.71. The molecule has 2 aromatic heterocycles. The number of rotatable bonds is 2. The molecule has 78 valence electrons. The van der Waals surface area contributed by atoms with Gasteiger partial charge in [0, 0.05) is 11.6 Å². The lowest BCUT2D eigenvalue weighted by Crippen LogP contribution is -1.80. The van der Waals surface area contributed by atoms with Crippen molar-refractivity contribution in [3.05, 3.63) is 23.2 Å². The van der Waals surface area contributed by atoms with Crippen LogP contribution in [0.2, 0.25) is 0 Å². The van der Waals surface area contributed by atoms with E-state index in [0.717, 1.165) is 22.8 Å². The summed E-state index contributed by atoms with van der Waals surface area (Å²) in [5.74, 6) is 1.92. The van der Waals surface area contributed by atoms with E-state index >= 15 is 0 Å². The fourth-order valence-electron chi connectivity index (χ4n) is 1.78. The summed E-state index contributed by atoms with van der Waals surface area (Å²) >= 11 is 0. The van der Waals surface area contributed by atoms with Crippen LogP contribution in [0.25, 0.3) is 11.6 Å². The monoisotopic (exact) mass is 203 g/mol. The molecular formula is C11H13N3O. The van der Waals surface area contributed by atoms with Crippen molar-refractivity contribution in [3.8, 4) is 11.6 Å². The summed E-state index contributed by atoms with van der Waals surface area (Å²) in [6.45, 7) is 4.06. The molecule has 1 N–H and O–H groups in total. The normalized spacial score (nSPS) is 15.9. The Labute approximate surface area is 87.7 Å².